The van der Waals surface area contributed by atoms with E-state index in [0.717, 1.165) is 36.6 Å². The number of phenolic OH excluding ortho intramolecular Hbond substituents is 1. The first-order chi connectivity index (χ1) is 35.3. The standard InChI is InChI=1S/C49H64N10O13S/c1-32-10-12-33(13-11-32)45(62)35-28-39(59(67)68)46(63)40(29-35)72-23-5-4-18-52-43(61)30-37(54-47(64)34-14-16-36(17-15-34)57-58-50)48(65)53-20-7-22-70-25-27-71-26-24-69-21-6-19-51-42(60)9-3-2-8-41-44-38(31-73-41)55-49(66)56-44/h10-17,28-29,37-38,41,44,63H,2-9,18-27,30-31H2,1H3,(H,51,60)(H,52,61)(H,53,65)(H,54,64)(H2,55,56,66)/t37-,38-,41-,44-/m0/s1. The zero-order chi connectivity index (χ0) is 52.4. The van der Waals surface area contributed by atoms with Gasteiger partial charge in [0.15, 0.2) is 11.5 Å². The lowest BCUT2D eigenvalue weighted by molar-refractivity contribution is -0.386. The van der Waals surface area contributed by atoms with Crippen molar-refractivity contribution in [2.45, 2.75) is 88.1 Å². The van der Waals surface area contributed by atoms with Crippen molar-refractivity contribution in [2.24, 2.45) is 5.11 Å². The van der Waals surface area contributed by atoms with E-state index in [-0.39, 0.29) is 66.3 Å². The second kappa shape index (κ2) is 30.8. The number of nitrogens with one attached hydrogen (secondary N) is 6. The van der Waals surface area contributed by atoms with Crippen molar-refractivity contribution < 1.29 is 57.7 Å². The van der Waals surface area contributed by atoms with Crippen LogP contribution in [0.1, 0.15) is 89.6 Å². The Balaban J connectivity index is 0.926. The smallest absolute Gasteiger partial charge is 0.315 e. The number of nitrogens with zero attached hydrogens (tertiary/aromatic N) is 4. The number of aromatic hydroxyl groups is 1. The fraction of sp³-hybridized carbons (Fsp3) is 0.510. The van der Waals surface area contributed by atoms with Gasteiger partial charge in [0.05, 0.1) is 56.5 Å². The molecule has 0 radical (unpaired) electrons. The molecule has 0 saturated carbocycles. The zero-order valence-electron chi connectivity index (χ0n) is 40.8. The van der Waals surface area contributed by atoms with Gasteiger partial charge in [-0.15, -0.1) is 0 Å². The minimum Gasteiger partial charge on any atom is -0.500 e. The summed E-state index contributed by atoms with van der Waals surface area (Å²) in [5, 5.41) is 43.0. The number of carbonyl (C=O) groups is 6. The summed E-state index contributed by atoms with van der Waals surface area (Å²) in [5.41, 5.74) is 9.64. The molecule has 3 aromatic carbocycles. The molecular weight excluding hydrogens is 969 g/mol. The van der Waals surface area contributed by atoms with Gasteiger partial charge in [-0.25, -0.2) is 4.79 Å². The Morgan fingerprint density at radius 2 is 1.45 bits per heavy atom. The van der Waals surface area contributed by atoms with Crippen LogP contribution in [0.25, 0.3) is 10.4 Å². The molecule has 2 heterocycles. The number of nitro benzene ring substituents is 1. The molecular formula is C49H64N10O13S. The molecule has 0 aliphatic carbocycles. The molecule has 73 heavy (non-hydrogen) atoms. The number of amides is 6. The highest BCUT2D eigenvalue weighted by Gasteiger charge is 2.42. The van der Waals surface area contributed by atoms with Crippen LogP contribution in [0.2, 0.25) is 0 Å². The number of hydrogen-bond acceptors (Lipinski definition) is 15. The Morgan fingerprint density at radius 3 is 2.14 bits per heavy atom. The summed E-state index contributed by atoms with van der Waals surface area (Å²) in [4.78, 5) is 89.8. The minimum atomic E-state index is -1.26. The Bertz CT molecular complexity index is 2390. The van der Waals surface area contributed by atoms with Crippen molar-refractivity contribution in [3.63, 3.8) is 0 Å². The van der Waals surface area contributed by atoms with Gasteiger partial charge in [0.25, 0.3) is 5.91 Å². The normalized spacial score (nSPS) is 16.0. The van der Waals surface area contributed by atoms with Gasteiger partial charge < -0.3 is 56.0 Å². The summed E-state index contributed by atoms with van der Waals surface area (Å²) in [6.07, 6.45) is 4.59. The van der Waals surface area contributed by atoms with Gasteiger partial charge in [-0.3, -0.25) is 34.1 Å². The summed E-state index contributed by atoms with van der Waals surface area (Å²) >= 11 is 1.87. The van der Waals surface area contributed by atoms with E-state index in [1.807, 2.05) is 18.7 Å². The van der Waals surface area contributed by atoms with Gasteiger partial charge in [-0.2, -0.15) is 11.8 Å². The molecule has 7 N–H and O–H groups in total. The van der Waals surface area contributed by atoms with Gasteiger partial charge in [-0.1, -0.05) is 53.5 Å². The first kappa shape index (κ1) is 56.9. The molecule has 0 aromatic heterocycles. The van der Waals surface area contributed by atoms with Gasteiger partial charge >= 0.3 is 11.7 Å². The third kappa shape index (κ3) is 19.5. The van der Waals surface area contributed by atoms with Crippen LogP contribution < -0.4 is 36.6 Å². The Morgan fingerprint density at radius 1 is 0.808 bits per heavy atom. The van der Waals surface area contributed by atoms with Crippen molar-refractivity contribution in [1.29, 1.82) is 0 Å². The van der Waals surface area contributed by atoms with Gasteiger partial charge in [-0.05, 0) is 69.2 Å². The number of aryl methyl sites for hydroxylation is 1. The van der Waals surface area contributed by atoms with Crippen LogP contribution in [-0.2, 0) is 28.6 Å². The lowest BCUT2D eigenvalue weighted by atomic mass is 10.0. The SMILES string of the molecule is Cc1ccc(C(=O)c2cc(OCCCCNC(=O)C[C@H](NC(=O)c3ccc(N=[N+]=[N-])cc3)C(=O)NCCCOCCOCCOCCCNC(=O)CCCC[C@@H]3SC[C@@H]4NC(=O)N[C@@H]43)c(O)c([N+](=O)[O-])c2)cc1. The molecule has 0 spiro atoms. The van der Waals surface area contributed by atoms with E-state index in [4.69, 9.17) is 24.5 Å². The summed E-state index contributed by atoms with van der Waals surface area (Å²) in [5.74, 6) is -2.29. The maximum absolute atomic E-state index is 13.3. The molecule has 23 nitrogen and oxygen atoms in total. The van der Waals surface area contributed by atoms with Crippen LogP contribution in [0.4, 0.5) is 16.2 Å². The van der Waals surface area contributed by atoms with Crippen molar-refractivity contribution in [3.05, 3.63) is 103 Å². The highest BCUT2D eigenvalue weighted by atomic mass is 32.2. The number of nitro groups is 1. The number of unbranched alkanes of at least 4 members (excludes halogenated alkanes) is 2. The molecule has 2 fully saturated rings. The number of thioether (sulfide) groups is 1. The number of ether oxygens (including phenoxy) is 4. The number of urea groups is 1. The molecule has 0 unspecified atom stereocenters. The fourth-order valence-electron chi connectivity index (χ4n) is 7.74. The van der Waals surface area contributed by atoms with Crippen LogP contribution >= 0.6 is 11.8 Å². The average molecular weight is 1030 g/mol. The van der Waals surface area contributed by atoms with E-state index in [1.54, 1.807) is 24.3 Å². The van der Waals surface area contributed by atoms with Crippen LogP contribution in [0.15, 0.2) is 65.8 Å². The quantitative estimate of drug-likeness (QED) is 0.00603. The lowest BCUT2D eigenvalue weighted by Crippen LogP contribution is -2.49. The first-order valence-corrected chi connectivity index (χ1v) is 25.3. The molecule has 3 aromatic rings. The summed E-state index contributed by atoms with van der Waals surface area (Å²) in [7, 11) is 0. The van der Waals surface area contributed by atoms with Crippen molar-refractivity contribution in [2.75, 3.05) is 71.6 Å². The van der Waals surface area contributed by atoms with Crippen LogP contribution in [0.5, 0.6) is 11.5 Å². The largest absolute Gasteiger partial charge is 0.500 e. The first-order valence-electron chi connectivity index (χ1n) is 24.3. The number of hydrogen-bond donors (Lipinski definition) is 7. The predicted molar refractivity (Wildman–Crippen MR) is 270 cm³/mol. The molecule has 2 saturated heterocycles. The van der Waals surface area contributed by atoms with Crippen LogP contribution in [0, 0.1) is 17.0 Å². The molecule has 5 rings (SSSR count). The topological polar surface area (TPSA) is 324 Å². The summed E-state index contributed by atoms with van der Waals surface area (Å²) in [6, 6.07) is 13.6. The second-order valence-corrected chi connectivity index (χ2v) is 18.5. The number of carbonyl (C=O) groups excluding carboxylic acids is 6. The molecule has 0 bridgehead atoms. The second-order valence-electron chi connectivity index (χ2n) is 17.2. The van der Waals surface area contributed by atoms with Crippen LogP contribution in [-0.4, -0.2) is 140 Å². The number of fused-ring (bicyclic) bond motifs is 1. The molecule has 6 amide bonds. The van der Waals surface area contributed by atoms with Gasteiger partial charge in [0, 0.05) is 83.6 Å². The van der Waals surface area contributed by atoms with E-state index < -0.39 is 52.3 Å². The van der Waals surface area contributed by atoms with Crippen molar-refractivity contribution in [3.8, 4) is 11.5 Å². The number of ketones is 1. The fourth-order valence-corrected chi connectivity index (χ4v) is 9.28. The van der Waals surface area contributed by atoms with Crippen LogP contribution in [0.3, 0.4) is 0 Å². The van der Waals surface area contributed by atoms with Gasteiger partial charge in [0.1, 0.15) is 6.04 Å². The number of phenols is 1. The van der Waals surface area contributed by atoms with E-state index in [9.17, 15) is 44.0 Å². The molecule has 24 heteroatoms. The average Bonchev–Trinajstić information content (AvgIpc) is 3.94. The highest BCUT2D eigenvalue weighted by molar-refractivity contribution is 8.00. The third-order valence-corrected chi connectivity index (χ3v) is 13.2. The third-order valence-electron chi connectivity index (χ3n) is 11.7. The van der Waals surface area contributed by atoms with E-state index >= 15 is 0 Å². The Kier molecular flexibility index (Phi) is 24.0. The maximum Gasteiger partial charge on any atom is 0.315 e. The monoisotopic (exact) mass is 1030 g/mol. The molecule has 2 aliphatic heterocycles. The van der Waals surface area contributed by atoms with E-state index in [2.05, 4.69) is 41.9 Å². The maximum atomic E-state index is 13.3. The lowest BCUT2D eigenvalue weighted by Gasteiger charge is -2.18. The van der Waals surface area contributed by atoms with E-state index in [1.165, 1.54) is 30.3 Å². The number of rotatable bonds is 34. The predicted octanol–water partition coefficient (Wildman–Crippen LogP) is 5.03. The van der Waals surface area contributed by atoms with Gasteiger partial charge in [0.2, 0.25) is 23.5 Å². The van der Waals surface area contributed by atoms with E-state index in [0.29, 0.717) is 89.1 Å². The van der Waals surface area contributed by atoms with Crippen molar-refractivity contribution >= 4 is 58.6 Å². The summed E-state index contributed by atoms with van der Waals surface area (Å²) < 4.78 is 22.4. The molecule has 4 atom stereocenters. The zero-order valence-corrected chi connectivity index (χ0v) is 41.6. The highest BCUT2D eigenvalue weighted by Crippen LogP contribution is 2.38. The number of benzene rings is 3. The Hall–Kier alpha value is -6.98. The molecule has 394 valence electrons. The Labute approximate surface area is 426 Å². The number of azide groups is 1. The van der Waals surface area contributed by atoms with Crippen molar-refractivity contribution in [1.82, 2.24) is 31.9 Å². The minimum absolute atomic E-state index is 0.0217. The molecule has 2 aliphatic rings. The summed E-state index contributed by atoms with van der Waals surface area (Å²) in [6.45, 7) is 4.87.